The van der Waals surface area contributed by atoms with Gasteiger partial charge in [-0.25, -0.2) is 8.78 Å². The second-order valence-corrected chi connectivity index (χ2v) is 8.55. The molecule has 0 saturated heterocycles. The predicted octanol–water partition coefficient (Wildman–Crippen LogP) is 5.01. The van der Waals surface area contributed by atoms with Crippen LogP contribution in [0.4, 0.5) is 20.2 Å². The zero-order chi connectivity index (χ0) is 22.1. The molecular formula is C23H26F2N2O3. The fraction of sp³-hybridized carbons (Fsp3) is 0.391. The molecule has 2 amide bonds. The van der Waals surface area contributed by atoms with Gasteiger partial charge in [0.25, 0.3) is 5.91 Å². The molecule has 160 valence electrons. The van der Waals surface area contributed by atoms with Crippen LogP contribution in [0.2, 0.25) is 0 Å². The third kappa shape index (κ3) is 4.45. The number of amides is 2. The van der Waals surface area contributed by atoms with E-state index in [0.29, 0.717) is 29.6 Å². The molecule has 1 aliphatic heterocycles. The lowest BCUT2D eigenvalue weighted by molar-refractivity contribution is -0.127. The molecule has 7 heteroatoms. The van der Waals surface area contributed by atoms with Crippen molar-refractivity contribution in [3.8, 4) is 5.75 Å². The number of halogens is 2. The Balaban J connectivity index is 1.91. The maximum Gasteiger partial charge on any atom is 0.261 e. The van der Waals surface area contributed by atoms with Crippen molar-refractivity contribution in [2.24, 2.45) is 11.3 Å². The van der Waals surface area contributed by atoms with E-state index in [-0.39, 0.29) is 12.5 Å². The third-order valence-corrected chi connectivity index (χ3v) is 5.04. The van der Waals surface area contributed by atoms with Gasteiger partial charge < -0.3 is 15.0 Å². The Labute approximate surface area is 175 Å². The minimum atomic E-state index is -0.939. The van der Waals surface area contributed by atoms with E-state index in [9.17, 15) is 18.4 Å². The van der Waals surface area contributed by atoms with Gasteiger partial charge in [0.05, 0.1) is 11.1 Å². The van der Waals surface area contributed by atoms with E-state index >= 15 is 0 Å². The molecule has 0 aromatic heterocycles. The standard InChI is InChI=1S/C23H26F2N2O3/c1-14(2)10-11-27-18-9-8-15(12-19(18)30-13-23(3,4)22(27)29)26-21(28)20-16(24)6-5-7-17(20)25/h5-9,12,14H,10-11,13H2,1-4H3,(H,26,28). The summed E-state index contributed by atoms with van der Waals surface area (Å²) in [7, 11) is 0. The lowest BCUT2D eigenvalue weighted by atomic mass is 9.92. The number of nitrogens with zero attached hydrogens (tertiary/aromatic N) is 1. The van der Waals surface area contributed by atoms with Crippen LogP contribution in [0.5, 0.6) is 5.75 Å². The molecule has 0 fully saturated rings. The Morgan fingerprint density at radius 2 is 1.87 bits per heavy atom. The number of carbonyl (C=O) groups is 2. The minimum absolute atomic E-state index is 0.0351. The highest BCUT2D eigenvalue weighted by atomic mass is 19.1. The summed E-state index contributed by atoms with van der Waals surface area (Å²) in [6, 6.07) is 8.09. The van der Waals surface area contributed by atoms with Crippen molar-refractivity contribution >= 4 is 23.2 Å². The van der Waals surface area contributed by atoms with Gasteiger partial charge in [-0.2, -0.15) is 0 Å². The van der Waals surface area contributed by atoms with Crippen molar-refractivity contribution < 1.29 is 23.1 Å². The molecule has 0 aliphatic carbocycles. The first-order chi connectivity index (χ1) is 14.1. The largest absolute Gasteiger partial charge is 0.490 e. The van der Waals surface area contributed by atoms with Gasteiger partial charge >= 0.3 is 0 Å². The fourth-order valence-electron chi connectivity index (χ4n) is 3.24. The second-order valence-electron chi connectivity index (χ2n) is 8.55. The molecule has 0 unspecified atom stereocenters. The van der Waals surface area contributed by atoms with Crippen LogP contribution in [0.15, 0.2) is 36.4 Å². The van der Waals surface area contributed by atoms with Gasteiger partial charge in [-0.1, -0.05) is 19.9 Å². The van der Waals surface area contributed by atoms with Gasteiger partial charge in [0.1, 0.15) is 29.6 Å². The molecular weight excluding hydrogens is 390 g/mol. The van der Waals surface area contributed by atoms with E-state index in [1.807, 2.05) is 13.8 Å². The summed E-state index contributed by atoms with van der Waals surface area (Å²) < 4.78 is 33.7. The summed E-state index contributed by atoms with van der Waals surface area (Å²) in [6.07, 6.45) is 0.826. The molecule has 5 nitrogen and oxygen atoms in total. The zero-order valence-electron chi connectivity index (χ0n) is 17.6. The highest BCUT2D eigenvalue weighted by molar-refractivity contribution is 6.05. The number of hydrogen-bond donors (Lipinski definition) is 1. The number of ether oxygens (including phenoxy) is 1. The molecule has 0 atom stereocenters. The van der Waals surface area contributed by atoms with Crippen LogP contribution in [0.3, 0.4) is 0 Å². The van der Waals surface area contributed by atoms with E-state index in [2.05, 4.69) is 19.2 Å². The van der Waals surface area contributed by atoms with Gasteiger partial charge in [0.15, 0.2) is 0 Å². The topological polar surface area (TPSA) is 58.6 Å². The Hall–Kier alpha value is -2.96. The number of rotatable bonds is 5. The molecule has 1 heterocycles. The second kappa shape index (κ2) is 8.42. The smallest absolute Gasteiger partial charge is 0.261 e. The van der Waals surface area contributed by atoms with Gasteiger partial charge in [0, 0.05) is 18.3 Å². The molecule has 30 heavy (non-hydrogen) atoms. The number of nitrogens with one attached hydrogen (secondary N) is 1. The quantitative estimate of drug-likeness (QED) is 0.745. The number of benzene rings is 2. The summed E-state index contributed by atoms with van der Waals surface area (Å²) in [4.78, 5) is 27.2. The van der Waals surface area contributed by atoms with Crippen molar-refractivity contribution in [1.29, 1.82) is 0 Å². The Morgan fingerprint density at radius 1 is 1.20 bits per heavy atom. The first-order valence-corrected chi connectivity index (χ1v) is 9.94. The summed E-state index contributed by atoms with van der Waals surface area (Å²) >= 11 is 0. The van der Waals surface area contributed by atoms with Crippen LogP contribution in [0.1, 0.15) is 44.5 Å². The fourth-order valence-corrected chi connectivity index (χ4v) is 3.24. The van der Waals surface area contributed by atoms with Crippen molar-refractivity contribution in [3.63, 3.8) is 0 Å². The Bertz CT molecular complexity index is 953. The number of anilines is 2. The van der Waals surface area contributed by atoms with Gasteiger partial charge in [-0.15, -0.1) is 0 Å². The third-order valence-electron chi connectivity index (χ3n) is 5.04. The van der Waals surface area contributed by atoms with Crippen LogP contribution in [0, 0.1) is 23.0 Å². The summed E-state index contributed by atoms with van der Waals surface area (Å²) in [5, 5.41) is 2.51. The molecule has 1 aliphatic rings. The molecule has 0 bridgehead atoms. The van der Waals surface area contributed by atoms with E-state index in [4.69, 9.17) is 4.74 Å². The lowest BCUT2D eigenvalue weighted by Crippen LogP contribution is -2.42. The predicted molar refractivity (Wildman–Crippen MR) is 112 cm³/mol. The normalized spacial score (nSPS) is 15.4. The lowest BCUT2D eigenvalue weighted by Gasteiger charge is -2.28. The van der Waals surface area contributed by atoms with E-state index < -0.39 is 28.5 Å². The summed E-state index contributed by atoms with van der Waals surface area (Å²) in [5.41, 5.74) is -0.433. The monoisotopic (exact) mass is 416 g/mol. The molecule has 3 rings (SSSR count). The van der Waals surface area contributed by atoms with E-state index in [1.54, 1.807) is 23.1 Å². The first kappa shape index (κ1) is 21.7. The number of fused-ring (bicyclic) bond motifs is 1. The molecule has 0 radical (unpaired) electrons. The average molecular weight is 416 g/mol. The van der Waals surface area contributed by atoms with Crippen molar-refractivity contribution in [1.82, 2.24) is 0 Å². The maximum atomic E-state index is 13.9. The summed E-state index contributed by atoms with van der Waals surface area (Å²) in [6.45, 7) is 8.55. The molecule has 0 saturated carbocycles. The van der Waals surface area contributed by atoms with Gasteiger partial charge in [-0.05, 0) is 50.5 Å². The minimum Gasteiger partial charge on any atom is -0.490 e. The molecule has 0 spiro atoms. The van der Waals surface area contributed by atoms with Crippen molar-refractivity contribution in [2.45, 2.75) is 34.1 Å². The Morgan fingerprint density at radius 3 is 2.50 bits per heavy atom. The van der Waals surface area contributed by atoms with Crippen LogP contribution >= 0.6 is 0 Å². The number of carbonyl (C=O) groups excluding carboxylic acids is 2. The first-order valence-electron chi connectivity index (χ1n) is 9.94. The Kier molecular flexibility index (Phi) is 6.10. The highest BCUT2D eigenvalue weighted by Crippen LogP contribution is 2.38. The maximum absolute atomic E-state index is 13.9. The highest BCUT2D eigenvalue weighted by Gasteiger charge is 2.37. The average Bonchev–Trinajstić information content (AvgIpc) is 2.75. The summed E-state index contributed by atoms with van der Waals surface area (Å²) in [5.74, 6) is -1.96. The van der Waals surface area contributed by atoms with Crippen LogP contribution in [-0.2, 0) is 4.79 Å². The van der Waals surface area contributed by atoms with E-state index in [0.717, 1.165) is 18.6 Å². The zero-order valence-corrected chi connectivity index (χ0v) is 17.6. The van der Waals surface area contributed by atoms with Gasteiger partial charge in [-0.3, -0.25) is 9.59 Å². The van der Waals surface area contributed by atoms with Crippen LogP contribution < -0.4 is 15.0 Å². The van der Waals surface area contributed by atoms with Crippen LogP contribution in [-0.4, -0.2) is 25.0 Å². The molecule has 2 aromatic rings. The SMILES string of the molecule is CC(C)CCN1C(=O)C(C)(C)COc2cc(NC(=O)c3c(F)cccc3F)ccc21. The van der Waals surface area contributed by atoms with E-state index in [1.165, 1.54) is 6.07 Å². The molecule has 1 N–H and O–H groups in total. The molecule has 2 aromatic carbocycles. The van der Waals surface area contributed by atoms with Crippen LogP contribution in [0.25, 0.3) is 0 Å². The van der Waals surface area contributed by atoms with Crippen molar-refractivity contribution in [2.75, 3.05) is 23.4 Å². The van der Waals surface area contributed by atoms with Crippen molar-refractivity contribution in [3.05, 3.63) is 53.6 Å². The van der Waals surface area contributed by atoms with Gasteiger partial charge in [0.2, 0.25) is 5.91 Å². The number of hydrogen-bond acceptors (Lipinski definition) is 3.